The van der Waals surface area contributed by atoms with Crippen molar-refractivity contribution in [2.45, 2.75) is 32.7 Å². The van der Waals surface area contributed by atoms with Crippen LogP contribution in [0.25, 0.3) is 11.3 Å². The van der Waals surface area contributed by atoms with E-state index in [1.54, 1.807) is 6.20 Å². The Hall–Kier alpha value is -1.81. The van der Waals surface area contributed by atoms with E-state index in [-0.39, 0.29) is 5.91 Å². The van der Waals surface area contributed by atoms with Crippen molar-refractivity contribution in [1.29, 1.82) is 0 Å². The summed E-state index contributed by atoms with van der Waals surface area (Å²) in [6.07, 6.45) is 4.74. The average Bonchev–Trinajstić information content (AvgIpc) is 2.71. The zero-order valence-corrected chi connectivity index (χ0v) is 12.1. The molecule has 104 valence electrons. The summed E-state index contributed by atoms with van der Waals surface area (Å²) in [5.41, 5.74) is 10.0. The molecule has 0 fully saturated rings. The fourth-order valence-electron chi connectivity index (χ4n) is 3.11. The van der Waals surface area contributed by atoms with E-state index >= 15 is 0 Å². The van der Waals surface area contributed by atoms with E-state index in [1.165, 1.54) is 0 Å². The largest absolute Gasteiger partial charge is 0.366 e. The lowest BCUT2D eigenvalue weighted by atomic mass is 10.0. The average molecular weight is 290 g/mol. The maximum atomic E-state index is 11.8. The molecule has 2 aromatic rings. The Bertz CT molecular complexity index is 691. The van der Waals surface area contributed by atoms with Gasteiger partial charge in [0, 0.05) is 24.0 Å². The highest BCUT2D eigenvalue weighted by molar-refractivity contribution is 6.32. The van der Waals surface area contributed by atoms with Gasteiger partial charge in [-0.1, -0.05) is 11.6 Å². The third kappa shape index (κ3) is 1.91. The van der Waals surface area contributed by atoms with Crippen LogP contribution in [0.15, 0.2) is 18.3 Å². The lowest BCUT2D eigenvalue weighted by Gasteiger charge is -2.19. The van der Waals surface area contributed by atoms with Gasteiger partial charge in [-0.2, -0.15) is 0 Å². The minimum Gasteiger partial charge on any atom is -0.366 e. The van der Waals surface area contributed by atoms with Crippen molar-refractivity contribution in [1.82, 2.24) is 9.55 Å². The van der Waals surface area contributed by atoms with Gasteiger partial charge in [-0.05, 0) is 43.9 Å². The first-order valence-electron chi connectivity index (χ1n) is 6.74. The molecule has 3 heterocycles. The van der Waals surface area contributed by atoms with Gasteiger partial charge in [-0.15, -0.1) is 0 Å². The summed E-state index contributed by atoms with van der Waals surface area (Å²) in [6.45, 7) is 2.83. The van der Waals surface area contributed by atoms with E-state index in [4.69, 9.17) is 17.3 Å². The summed E-state index contributed by atoms with van der Waals surface area (Å²) in [4.78, 5) is 15.9. The molecule has 4 nitrogen and oxygen atoms in total. The van der Waals surface area contributed by atoms with Gasteiger partial charge in [0.2, 0.25) is 0 Å². The molecular weight excluding hydrogens is 274 g/mol. The third-order valence-electron chi connectivity index (χ3n) is 3.92. The van der Waals surface area contributed by atoms with Crippen molar-refractivity contribution in [2.24, 2.45) is 5.73 Å². The fraction of sp³-hybridized carbons (Fsp3) is 0.333. The number of carbonyl (C=O) groups is 1. The van der Waals surface area contributed by atoms with Crippen LogP contribution in [-0.4, -0.2) is 15.5 Å². The van der Waals surface area contributed by atoms with Crippen molar-refractivity contribution >= 4 is 17.5 Å². The van der Waals surface area contributed by atoms with E-state index < -0.39 is 0 Å². The Kier molecular flexibility index (Phi) is 3.26. The highest BCUT2D eigenvalue weighted by Crippen LogP contribution is 2.36. The first-order chi connectivity index (χ1) is 9.61. The zero-order chi connectivity index (χ0) is 14.3. The van der Waals surface area contributed by atoms with Crippen molar-refractivity contribution in [3.63, 3.8) is 0 Å². The van der Waals surface area contributed by atoms with Gasteiger partial charge in [0.1, 0.15) is 5.15 Å². The van der Waals surface area contributed by atoms with E-state index in [2.05, 4.69) is 9.55 Å². The Morgan fingerprint density at radius 2 is 2.25 bits per heavy atom. The molecule has 0 spiro atoms. The maximum Gasteiger partial charge on any atom is 0.250 e. The van der Waals surface area contributed by atoms with Crippen molar-refractivity contribution in [3.05, 3.63) is 40.3 Å². The summed E-state index contributed by atoms with van der Waals surface area (Å²) in [5, 5.41) is 0.456. The number of primary amides is 1. The normalized spacial score (nSPS) is 14.1. The summed E-state index contributed by atoms with van der Waals surface area (Å²) in [5.74, 6) is -0.362. The van der Waals surface area contributed by atoms with Gasteiger partial charge < -0.3 is 10.3 Å². The van der Waals surface area contributed by atoms with Gasteiger partial charge in [0.15, 0.2) is 0 Å². The van der Waals surface area contributed by atoms with Crippen LogP contribution in [0.3, 0.4) is 0 Å². The van der Waals surface area contributed by atoms with Gasteiger partial charge in [0.25, 0.3) is 5.91 Å². The van der Waals surface area contributed by atoms with Crippen LogP contribution >= 0.6 is 11.6 Å². The molecule has 0 saturated carbocycles. The summed E-state index contributed by atoms with van der Waals surface area (Å²) in [7, 11) is 0. The number of nitrogens with two attached hydrogens (primary N) is 1. The smallest absolute Gasteiger partial charge is 0.250 e. The summed E-state index contributed by atoms with van der Waals surface area (Å²) >= 11 is 6.22. The number of carbonyl (C=O) groups excluding carboxylic acids is 1. The quantitative estimate of drug-likeness (QED) is 0.864. The van der Waals surface area contributed by atoms with Crippen LogP contribution < -0.4 is 5.73 Å². The Morgan fingerprint density at radius 3 is 2.95 bits per heavy atom. The van der Waals surface area contributed by atoms with E-state index in [0.29, 0.717) is 10.7 Å². The van der Waals surface area contributed by atoms with Crippen molar-refractivity contribution in [2.75, 3.05) is 0 Å². The molecule has 0 unspecified atom stereocenters. The number of rotatable bonds is 2. The number of nitrogens with zero attached hydrogens (tertiary/aromatic N) is 2. The van der Waals surface area contributed by atoms with E-state index in [0.717, 1.165) is 48.3 Å². The molecule has 5 heteroatoms. The number of fused-ring (bicyclic) bond motifs is 1. The topological polar surface area (TPSA) is 60.9 Å². The maximum absolute atomic E-state index is 11.8. The van der Waals surface area contributed by atoms with Gasteiger partial charge >= 0.3 is 0 Å². The minimum absolute atomic E-state index is 0.362. The molecule has 0 atom stereocenters. The van der Waals surface area contributed by atoms with Crippen LogP contribution in [0.4, 0.5) is 0 Å². The van der Waals surface area contributed by atoms with Gasteiger partial charge in [0.05, 0.1) is 11.3 Å². The zero-order valence-electron chi connectivity index (χ0n) is 11.3. The number of halogens is 1. The molecule has 2 N–H and O–H groups in total. The monoisotopic (exact) mass is 289 g/mol. The number of hydrogen-bond acceptors (Lipinski definition) is 2. The standard InChI is InChI=1S/C15H16ClN3O/c1-9-12(15(17)20)11-6-2-3-8-19(11)13(9)10-5-4-7-18-14(10)16/h4-5,7H,2-3,6,8H2,1H3,(H2,17,20). The Labute approximate surface area is 122 Å². The minimum atomic E-state index is -0.362. The molecule has 1 amide bonds. The lowest BCUT2D eigenvalue weighted by Crippen LogP contribution is -2.17. The number of pyridine rings is 1. The van der Waals surface area contributed by atoms with Crippen molar-refractivity contribution < 1.29 is 4.79 Å². The molecule has 0 bridgehead atoms. The lowest BCUT2D eigenvalue weighted by molar-refractivity contribution is 0.0998. The fourth-order valence-corrected chi connectivity index (χ4v) is 3.32. The van der Waals surface area contributed by atoms with E-state index in [1.807, 2.05) is 19.1 Å². The molecule has 1 aliphatic heterocycles. The first-order valence-corrected chi connectivity index (χ1v) is 7.11. The second-order valence-electron chi connectivity index (χ2n) is 5.11. The molecule has 0 aromatic carbocycles. The van der Waals surface area contributed by atoms with Crippen LogP contribution in [-0.2, 0) is 13.0 Å². The third-order valence-corrected chi connectivity index (χ3v) is 4.22. The number of amides is 1. The Balaban J connectivity index is 2.31. The van der Waals surface area contributed by atoms with Crippen molar-refractivity contribution in [3.8, 4) is 11.3 Å². The predicted molar refractivity (Wildman–Crippen MR) is 78.9 cm³/mol. The molecule has 2 aromatic heterocycles. The van der Waals surface area contributed by atoms with Crippen LogP contribution in [0.1, 0.15) is 34.5 Å². The second-order valence-corrected chi connectivity index (χ2v) is 5.47. The molecule has 20 heavy (non-hydrogen) atoms. The van der Waals surface area contributed by atoms with Gasteiger partial charge in [-0.25, -0.2) is 4.98 Å². The predicted octanol–water partition coefficient (Wildman–Crippen LogP) is 2.95. The highest BCUT2D eigenvalue weighted by Gasteiger charge is 2.26. The number of hydrogen-bond donors (Lipinski definition) is 1. The molecular formula is C15H16ClN3O. The summed E-state index contributed by atoms with van der Waals surface area (Å²) < 4.78 is 2.18. The highest BCUT2D eigenvalue weighted by atomic mass is 35.5. The summed E-state index contributed by atoms with van der Waals surface area (Å²) in [6, 6.07) is 3.79. The SMILES string of the molecule is Cc1c(C(N)=O)c2n(c1-c1cccnc1Cl)CCCC2. The number of aromatic nitrogens is 2. The van der Waals surface area contributed by atoms with E-state index in [9.17, 15) is 4.79 Å². The molecule has 1 aliphatic rings. The van der Waals surface area contributed by atoms with Crippen LogP contribution in [0, 0.1) is 6.92 Å². The first kappa shape index (κ1) is 13.2. The second kappa shape index (κ2) is 4.94. The molecule has 0 radical (unpaired) electrons. The van der Waals surface area contributed by atoms with Gasteiger partial charge in [-0.3, -0.25) is 4.79 Å². The molecule has 0 aliphatic carbocycles. The Morgan fingerprint density at radius 1 is 1.45 bits per heavy atom. The van der Waals surface area contributed by atoms with Crippen LogP contribution in [0.5, 0.6) is 0 Å². The van der Waals surface area contributed by atoms with Crippen LogP contribution in [0.2, 0.25) is 5.15 Å². The molecule has 0 saturated heterocycles. The molecule has 3 rings (SSSR count).